The summed E-state index contributed by atoms with van der Waals surface area (Å²) in [6.45, 7) is 4.29. The predicted octanol–water partition coefficient (Wildman–Crippen LogP) is 6.71. The largest absolute Gasteiger partial charge is 0.494 e. The molecular formula is C36H29NO4. The molecule has 2 aliphatic heterocycles. The van der Waals surface area contributed by atoms with Gasteiger partial charge in [0.15, 0.2) is 17.3 Å². The number of carbonyl (C=O) groups excluding carboxylic acids is 3. The number of hydrogen-bond donors (Lipinski definition) is 0. The van der Waals surface area contributed by atoms with Gasteiger partial charge in [0.25, 0.3) is 0 Å². The molecule has 7 rings (SSSR count). The summed E-state index contributed by atoms with van der Waals surface area (Å²) in [5.41, 5.74) is 3.31. The number of fused-ring (bicyclic) bond motifs is 5. The normalized spacial score (nSPS) is 21.5. The minimum Gasteiger partial charge on any atom is -0.494 e. The van der Waals surface area contributed by atoms with Crippen LogP contribution in [0.25, 0.3) is 6.08 Å². The van der Waals surface area contributed by atoms with Gasteiger partial charge in [-0.3, -0.25) is 14.4 Å². The van der Waals surface area contributed by atoms with Gasteiger partial charge in [0, 0.05) is 33.9 Å². The van der Waals surface area contributed by atoms with Crippen LogP contribution < -0.4 is 9.64 Å². The number of nitrogens with zero attached hydrogens (tertiary/aromatic N) is 1. The molecule has 202 valence electrons. The van der Waals surface area contributed by atoms with Crippen LogP contribution in [-0.4, -0.2) is 36.0 Å². The molecule has 1 aliphatic carbocycles. The van der Waals surface area contributed by atoms with Gasteiger partial charge >= 0.3 is 0 Å². The third kappa shape index (κ3) is 3.45. The van der Waals surface area contributed by atoms with Crippen molar-refractivity contribution in [3.8, 4) is 5.75 Å². The summed E-state index contributed by atoms with van der Waals surface area (Å²) in [4.78, 5) is 46.3. The van der Waals surface area contributed by atoms with Gasteiger partial charge in [0.1, 0.15) is 17.2 Å². The Morgan fingerprint density at radius 3 is 2.17 bits per heavy atom. The zero-order chi connectivity index (χ0) is 28.3. The Morgan fingerprint density at radius 2 is 1.46 bits per heavy atom. The average Bonchev–Trinajstić information content (AvgIpc) is 3.44. The van der Waals surface area contributed by atoms with Crippen molar-refractivity contribution in [1.82, 2.24) is 0 Å². The van der Waals surface area contributed by atoms with Gasteiger partial charge in [-0.15, -0.1) is 0 Å². The zero-order valence-corrected chi connectivity index (χ0v) is 22.9. The molecule has 1 saturated heterocycles. The summed E-state index contributed by atoms with van der Waals surface area (Å²) in [5, 5.41) is 0. The molecule has 3 aliphatic rings. The van der Waals surface area contributed by atoms with Crippen LogP contribution in [0.15, 0.2) is 103 Å². The van der Waals surface area contributed by atoms with E-state index in [0.717, 1.165) is 16.8 Å². The molecule has 5 heteroatoms. The number of ketones is 3. The van der Waals surface area contributed by atoms with E-state index in [4.69, 9.17) is 4.74 Å². The van der Waals surface area contributed by atoms with Crippen molar-refractivity contribution >= 4 is 29.1 Å². The average molecular weight is 540 g/mol. The first-order valence-corrected chi connectivity index (χ1v) is 14.0. The Labute approximate surface area is 239 Å². The van der Waals surface area contributed by atoms with Gasteiger partial charge in [0.05, 0.1) is 12.6 Å². The number of Topliss-reactive ketones (excluding diaryl/α,β-unsaturated/α-hetero) is 3. The Balaban J connectivity index is 1.56. The number of carbonyl (C=O) groups is 3. The van der Waals surface area contributed by atoms with E-state index in [0.29, 0.717) is 34.6 Å². The second-order valence-electron chi connectivity index (χ2n) is 11.0. The first-order valence-electron chi connectivity index (χ1n) is 14.0. The number of ether oxygens (including phenoxy) is 1. The number of rotatable bonds is 5. The molecule has 1 spiro atoms. The van der Waals surface area contributed by atoms with Crippen LogP contribution in [0.1, 0.15) is 60.6 Å². The maximum absolute atomic E-state index is 14.8. The van der Waals surface area contributed by atoms with Crippen LogP contribution in [0, 0.1) is 12.3 Å². The molecule has 4 aromatic rings. The molecule has 0 bridgehead atoms. The van der Waals surface area contributed by atoms with Crippen molar-refractivity contribution in [3.63, 3.8) is 0 Å². The maximum Gasteiger partial charge on any atom is 0.185 e. The molecule has 41 heavy (non-hydrogen) atoms. The molecule has 2 heterocycles. The maximum atomic E-state index is 14.8. The summed E-state index contributed by atoms with van der Waals surface area (Å²) in [7, 11) is 0. The van der Waals surface area contributed by atoms with E-state index in [2.05, 4.69) is 0 Å². The van der Waals surface area contributed by atoms with Gasteiger partial charge in [-0.1, -0.05) is 103 Å². The van der Waals surface area contributed by atoms with Gasteiger partial charge in [-0.2, -0.15) is 0 Å². The van der Waals surface area contributed by atoms with Crippen molar-refractivity contribution in [2.24, 2.45) is 5.41 Å². The fraction of sp³-hybridized carbons (Fsp3) is 0.194. The highest BCUT2D eigenvalue weighted by atomic mass is 16.5. The van der Waals surface area contributed by atoms with Crippen molar-refractivity contribution < 1.29 is 19.1 Å². The minimum absolute atomic E-state index is 0.134. The number of para-hydroxylation sites is 2. The molecule has 0 radical (unpaired) electrons. The Hall–Kier alpha value is -4.77. The molecule has 0 aromatic heterocycles. The second-order valence-corrected chi connectivity index (χ2v) is 11.0. The SMILES string of the molecule is CCOc1ccccc1C1C(C(=O)c2ccc(C)cc2)N2c3ccccc3C=CC2C12C(=O)c1ccccc1C2=O. The van der Waals surface area contributed by atoms with Crippen LogP contribution >= 0.6 is 0 Å². The lowest BCUT2D eigenvalue weighted by atomic mass is 9.64. The molecule has 1 fully saturated rings. The van der Waals surface area contributed by atoms with E-state index in [1.165, 1.54) is 0 Å². The van der Waals surface area contributed by atoms with E-state index in [-0.39, 0.29) is 17.3 Å². The van der Waals surface area contributed by atoms with Gasteiger partial charge in [-0.05, 0) is 31.5 Å². The molecule has 3 unspecified atom stereocenters. The minimum atomic E-state index is -1.55. The van der Waals surface area contributed by atoms with Gasteiger partial charge in [0.2, 0.25) is 0 Å². The molecule has 4 aromatic carbocycles. The zero-order valence-electron chi connectivity index (χ0n) is 22.9. The van der Waals surface area contributed by atoms with Crippen LogP contribution in [0.2, 0.25) is 0 Å². The number of anilines is 1. The fourth-order valence-electron chi connectivity index (χ4n) is 7.17. The third-order valence-corrected chi connectivity index (χ3v) is 8.87. The summed E-state index contributed by atoms with van der Waals surface area (Å²) in [6.07, 6.45) is 3.93. The third-order valence-electron chi connectivity index (χ3n) is 8.87. The fourth-order valence-corrected chi connectivity index (χ4v) is 7.17. The topological polar surface area (TPSA) is 63.7 Å². The van der Waals surface area contributed by atoms with E-state index in [1.807, 2.05) is 104 Å². The van der Waals surface area contributed by atoms with Crippen molar-refractivity contribution in [3.05, 3.63) is 137 Å². The quantitative estimate of drug-likeness (QED) is 0.208. The summed E-state index contributed by atoms with van der Waals surface area (Å²) in [5.74, 6) is -0.841. The van der Waals surface area contributed by atoms with Crippen LogP contribution in [-0.2, 0) is 0 Å². The Kier molecular flexibility index (Phi) is 5.79. The van der Waals surface area contributed by atoms with Crippen molar-refractivity contribution in [2.45, 2.75) is 31.8 Å². The van der Waals surface area contributed by atoms with E-state index < -0.39 is 23.4 Å². The van der Waals surface area contributed by atoms with E-state index >= 15 is 0 Å². The summed E-state index contributed by atoms with van der Waals surface area (Å²) in [6, 6.07) is 28.5. The Bertz CT molecular complexity index is 1720. The summed E-state index contributed by atoms with van der Waals surface area (Å²) >= 11 is 0. The summed E-state index contributed by atoms with van der Waals surface area (Å²) < 4.78 is 6.10. The van der Waals surface area contributed by atoms with Crippen LogP contribution in [0.4, 0.5) is 5.69 Å². The molecule has 3 atom stereocenters. The first kappa shape index (κ1) is 25.2. The smallest absolute Gasteiger partial charge is 0.185 e. The lowest BCUT2D eigenvalue weighted by Gasteiger charge is -2.37. The molecular weight excluding hydrogens is 510 g/mol. The number of benzene rings is 4. The van der Waals surface area contributed by atoms with Crippen LogP contribution in [0.3, 0.4) is 0 Å². The second kappa shape index (κ2) is 9.41. The number of aryl methyl sites for hydroxylation is 1. The molecule has 0 N–H and O–H groups in total. The lowest BCUT2D eigenvalue weighted by Crippen LogP contribution is -2.48. The highest BCUT2D eigenvalue weighted by Gasteiger charge is 2.71. The first-order chi connectivity index (χ1) is 20.0. The number of hydrogen-bond acceptors (Lipinski definition) is 5. The monoisotopic (exact) mass is 539 g/mol. The van der Waals surface area contributed by atoms with Crippen LogP contribution in [0.5, 0.6) is 5.75 Å². The molecule has 0 saturated carbocycles. The van der Waals surface area contributed by atoms with Gasteiger partial charge in [-0.25, -0.2) is 0 Å². The van der Waals surface area contributed by atoms with E-state index in [9.17, 15) is 14.4 Å². The highest BCUT2D eigenvalue weighted by Crippen LogP contribution is 2.61. The molecule has 5 nitrogen and oxygen atoms in total. The highest BCUT2D eigenvalue weighted by molar-refractivity contribution is 6.32. The van der Waals surface area contributed by atoms with Crippen molar-refractivity contribution in [1.29, 1.82) is 0 Å². The lowest BCUT2D eigenvalue weighted by molar-refractivity contribution is 0.0664. The predicted molar refractivity (Wildman–Crippen MR) is 159 cm³/mol. The van der Waals surface area contributed by atoms with E-state index in [1.54, 1.807) is 24.3 Å². The standard InChI is InChI=1S/C36H29NO4/c1-3-41-29-15-9-7-13-27(29)31-32(33(38)24-18-16-22(2)17-19-24)37-28-14-8-4-10-23(28)20-21-30(37)36(31)34(39)25-11-5-6-12-26(25)35(36)40/h4-21,30-32H,3H2,1-2H3. The Morgan fingerprint density at radius 1 is 0.829 bits per heavy atom. The molecule has 0 amide bonds. The van der Waals surface area contributed by atoms with Crippen molar-refractivity contribution in [2.75, 3.05) is 11.5 Å². The van der Waals surface area contributed by atoms with Gasteiger partial charge < -0.3 is 9.64 Å².